The van der Waals surface area contributed by atoms with E-state index in [-0.39, 0.29) is 23.7 Å². The fraction of sp³-hybridized carbons (Fsp3) is 0.500. The second kappa shape index (κ2) is 9.22. The molecule has 0 unspecified atom stereocenters. The van der Waals surface area contributed by atoms with Crippen LogP contribution in [-0.2, 0) is 16.0 Å². The molecule has 1 saturated carbocycles. The first-order valence-electron chi connectivity index (χ1n) is 7.45. The van der Waals surface area contributed by atoms with Gasteiger partial charge in [0, 0.05) is 25.4 Å². The number of carbonyl (C=O) groups excluding carboxylic acids is 1. The zero-order valence-electron chi connectivity index (χ0n) is 13.0. The summed E-state index contributed by atoms with van der Waals surface area (Å²) in [7, 11) is 0. The second-order valence-corrected chi connectivity index (χ2v) is 5.59. The van der Waals surface area contributed by atoms with Crippen LogP contribution >= 0.6 is 0 Å². The fourth-order valence-electron chi connectivity index (χ4n) is 2.39. The van der Waals surface area contributed by atoms with Crippen LogP contribution in [0.25, 0.3) is 0 Å². The number of amides is 1. The van der Waals surface area contributed by atoms with Gasteiger partial charge in [0.1, 0.15) is 5.82 Å². The molecule has 1 aromatic rings. The van der Waals surface area contributed by atoms with Crippen LogP contribution in [0, 0.1) is 11.7 Å². The largest absolute Gasteiger partial charge is 0.481 e. The van der Waals surface area contributed by atoms with Crippen molar-refractivity contribution in [1.29, 1.82) is 0 Å². The Labute approximate surface area is 134 Å². The lowest BCUT2D eigenvalue weighted by Gasteiger charge is -2.10. The summed E-state index contributed by atoms with van der Waals surface area (Å²) in [5.41, 5.74) is 6.65. The van der Waals surface area contributed by atoms with Crippen molar-refractivity contribution in [2.75, 3.05) is 6.54 Å². The van der Waals surface area contributed by atoms with Crippen LogP contribution in [0.4, 0.5) is 4.39 Å². The summed E-state index contributed by atoms with van der Waals surface area (Å²) in [6.45, 7) is 1.59. The number of aliphatic hydroxyl groups excluding tert-OH is 1. The van der Waals surface area contributed by atoms with E-state index in [0.717, 1.165) is 12.5 Å². The van der Waals surface area contributed by atoms with E-state index in [1.54, 1.807) is 12.1 Å². The Bertz CT molecular complexity index is 507. The molecule has 2 rings (SSSR count). The van der Waals surface area contributed by atoms with E-state index in [9.17, 15) is 14.3 Å². The first-order chi connectivity index (χ1) is 10.8. The number of nitrogens with one attached hydrogen (secondary N) is 1. The van der Waals surface area contributed by atoms with Crippen LogP contribution in [0.2, 0.25) is 0 Å². The molecule has 1 aromatic carbocycles. The average molecular weight is 326 g/mol. The maximum atomic E-state index is 12.7. The molecule has 128 valence electrons. The molecule has 0 radical (unpaired) electrons. The lowest BCUT2D eigenvalue weighted by atomic mass is 10.1. The number of hydrogen-bond acceptors (Lipinski definition) is 4. The van der Waals surface area contributed by atoms with Gasteiger partial charge in [-0.25, -0.2) is 4.39 Å². The quantitative estimate of drug-likeness (QED) is 0.650. The average Bonchev–Trinajstić information content (AvgIpc) is 2.80. The highest BCUT2D eigenvalue weighted by molar-refractivity contribution is 5.79. The summed E-state index contributed by atoms with van der Waals surface area (Å²) < 4.78 is 12.7. The molecule has 5 N–H and O–H groups in total. The summed E-state index contributed by atoms with van der Waals surface area (Å²) in [6, 6.07) is 5.92. The topological polar surface area (TPSA) is 113 Å². The SMILES string of the molecule is CC(=O)O.N[C@@H]1C[C@H](C(=O)NCCc2ccc(F)cc2)C[C@H]1O. The number of aliphatic carboxylic acids is 1. The van der Waals surface area contributed by atoms with Gasteiger partial charge in [0.2, 0.25) is 5.91 Å². The van der Waals surface area contributed by atoms with Gasteiger partial charge in [-0.15, -0.1) is 0 Å². The molecular weight excluding hydrogens is 303 g/mol. The van der Waals surface area contributed by atoms with E-state index in [1.165, 1.54) is 12.1 Å². The van der Waals surface area contributed by atoms with E-state index in [4.69, 9.17) is 15.6 Å². The van der Waals surface area contributed by atoms with Crippen LogP contribution in [0.15, 0.2) is 24.3 Å². The first kappa shape index (κ1) is 19.1. The number of aliphatic hydroxyl groups is 1. The number of carboxylic acids is 1. The number of benzene rings is 1. The normalized spacial score (nSPS) is 22.9. The Balaban J connectivity index is 0.000000593. The smallest absolute Gasteiger partial charge is 0.300 e. The molecule has 3 atom stereocenters. The van der Waals surface area contributed by atoms with Crippen LogP contribution in [0.3, 0.4) is 0 Å². The molecule has 1 aliphatic carbocycles. The van der Waals surface area contributed by atoms with Gasteiger partial charge in [-0.3, -0.25) is 9.59 Å². The van der Waals surface area contributed by atoms with Gasteiger partial charge in [0.25, 0.3) is 5.97 Å². The molecule has 7 heteroatoms. The third-order valence-electron chi connectivity index (χ3n) is 3.57. The van der Waals surface area contributed by atoms with Gasteiger partial charge in [-0.1, -0.05) is 12.1 Å². The molecule has 0 aliphatic heterocycles. The van der Waals surface area contributed by atoms with Crippen LogP contribution < -0.4 is 11.1 Å². The van der Waals surface area contributed by atoms with Crippen LogP contribution in [-0.4, -0.2) is 40.8 Å². The van der Waals surface area contributed by atoms with Crippen molar-refractivity contribution in [1.82, 2.24) is 5.32 Å². The summed E-state index contributed by atoms with van der Waals surface area (Å²) >= 11 is 0. The highest BCUT2D eigenvalue weighted by atomic mass is 19.1. The van der Waals surface area contributed by atoms with Gasteiger partial charge < -0.3 is 21.3 Å². The molecule has 6 nitrogen and oxygen atoms in total. The minimum atomic E-state index is -0.833. The molecule has 0 bridgehead atoms. The highest BCUT2D eigenvalue weighted by Crippen LogP contribution is 2.24. The Morgan fingerprint density at radius 2 is 1.87 bits per heavy atom. The van der Waals surface area contributed by atoms with E-state index in [1.807, 2.05) is 0 Å². The van der Waals surface area contributed by atoms with Gasteiger partial charge in [0.05, 0.1) is 6.10 Å². The summed E-state index contributed by atoms with van der Waals surface area (Å²) in [5, 5.41) is 19.8. The van der Waals surface area contributed by atoms with E-state index < -0.39 is 12.1 Å². The Hall–Kier alpha value is -1.99. The Morgan fingerprint density at radius 1 is 1.30 bits per heavy atom. The molecule has 0 heterocycles. The number of carbonyl (C=O) groups is 2. The zero-order valence-corrected chi connectivity index (χ0v) is 13.0. The number of rotatable bonds is 4. The summed E-state index contributed by atoms with van der Waals surface area (Å²) in [5.74, 6) is -1.35. The van der Waals surface area contributed by atoms with Crippen molar-refractivity contribution in [3.63, 3.8) is 0 Å². The number of nitrogens with two attached hydrogens (primary N) is 1. The van der Waals surface area contributed by atoms with Crippen molar-refractivity contribution >= 4 is 11.9 Å². The first-order valence-corrected chi connectivity index (χ1v) is 7.45. The molecule has 1 aliphatic rings. The molecule has 1 amide bonds. The summed E-state index contributed by atoms with van der Waals surface area (Å²) in [6.07, 6.45) is 1.05. The highest BCUT2D eigenvalue weighted by Gasteiger charge is 2.34. The Morgan fingerprint density at radius 3 is 2.35 bits per heavy atom. The van der Waals surface area contributed by atoms with Crippen molar-refractivity contribution < 1.29 is 24.2 Å². The molecule has 0 aromatic heterocycles. The maximum absolute atomic E-state index is 12.7. The molecule has 0 saturated heterocycles. The van der Waals surface area contributed by atoms with E-state index in [0.29, 0.717) is 25.8 Å². The monoisotopic (exact) mass is 326 g/mol. The molecule has 0 spiro atoms. The van der Waals surface area contributed by atoms with E-state index in [2.05, 4.69) is 5.32 Å². The van der Waals surface area contributed by atoms with Gasteiger partial charge in [0.15, 0.2) is 0 Å². The lowest BCUT2D eigenvalue weighted by Crippen LogP contribution is -2.32. The standard InChI is InChI=1S/C14H19FN2O2.C2H4O2/c15-11-3-1-9(2-4-11)5-6-17-14(19)10-7-12(16)13(18)8-10;1-2(3)4/h1-4,10,12-13,18H,5-8,16H2,(H,17,19);1H3,(H,3,4)/t10-,12+,13+;/m0./s1. The zero-order chi connectivity index (χ0) is 17.4. The minimum Gasteiger partial charge on any atom is -0.481 e. The van der Waals surface area contributed by atoms with E-state index >= 15 is 0 Å². The number of carboxylic acid groups (broad SMARTS) is 1. The third-order valence-corrected chi connectivity index (χ3v) is 3.57. The lowest BCUT2D eigenvalue weighted by molar-refractivity contribution is -0.134. The Kier molecular flexibility index (Phi) is 7.64. The second-order valence-electron chi connectivity index (χ2n) is 5.59. The van der Waals surface area contributed by atoms with Crippen molar-refractivity contribution in [3.05, 3.63) is 35.6 Å². The van der Waals surface area contributed by atoms with Gasteiger partial charge >= 0.3 is 0 Å². The molecular formula is C16H23FN2O4. The molecule has 1 fully saturated rings. The number of halogens is 1. The van der Waals surface area contributed by atoms with Crippen molar-refractivity contribution in [2.45, 2.75) is 38.3 Å². The fourth-order valence-corrected chi connectivity index (χ4v) is 2.39. The minimum absolute atomic E-state index is 0.0610. The predicted octanol–water partition coefficient (Wildman–Crippen LogP) is 0.673. The summed E-state index contributed by atoms with van der Waals surface area (Å²) in [4.78, 5) is 20.8. The predicted molar refractivity (Wildman–Crippen MR) is 83.1 cm³/mol. The van der Waals surface area contributed by atoms with Crippen LogP contribution in [0.1, 0.15) is 25.3 Å². The van der Waals surface area contributed by atoms with Crippen molar-refractivity contribution in [2.24, 2.45) is 11.7 Å². The maximum Gasteiger partial charge on any atom is 0.300 e. The number of hydrogen-bond donors (Lipinski definition) is 4. The van der Waals surface area contributed by atoms with Gasteiger partial charge in [-0.2, -0.15) is 0 Å². The molecule has 23 heavy (non-hydrogen) atoms. The van der Waals surface area contributed by atoms with Crippen LogP contribution in [0.5, 0.6) is 0 Å². The van der Waals surface area contributed by atoms with Crippen molar-refractivity contribution in [3.8, 4) is 0 Å². The third kappa shape index (κ3) is 7.21. The van der Waals surface area contributed by atoms with Gasteiger partial charge in [-0.05, 0) is 37.0 Å².